The Morgan fingerprint density at radius 3 is 2.35 bits per heavy atom. The lowest BCUT2D eigenvalue weighted by Crippen LogP contribution is -2.37. The summed E-state index contributed by atoms with van der Waals surface area (Å²) in [4.78, 5) is 48.7. The van der Waals surface area contributed by atoms with Crippen molar-refractivity contribution in [3.05, 3.63) is 78.5 Å². The van der Waals surface area contributed by atoms with E-state index in [9.17, 15) is 14.4 Å². The maximum absolute atomic E-state index is 12.8. The van der Waals surface area contributed by atoms with Crippen LogP contribution in [0.2, 0.25) is 0 Å². The Morgan fingerprint density at radius 2 is 1.61 bits per heavy atom. The van der Waals surface area contributed by atoms with Crippen molar-refractivity contribution in [1.29, 1.82) is 0 Å². The summed E-state index contributed by atoms with van der Waals surface area (Å²) >= 11 is 0. The zero-order valence-corrected chi connectivity index (χ0v) is 27.1. The van der Waals surface area contributed by atoms with E-state index in [0.29, 0.717) is 17.2 Å². The number of ketones is 1. The standard InChI is InChI=1S/C35H38N6O5/c1-34(2,3)45-32(43)40(7)21-26(42)18-22-11-10-12-23(17-22)30-38-28-14-9-8-13-27(28)31(39-30)37-25-15-16-29-24(19-25)20-36-41(29)33(44)46-35(4,5)6/h8-17,19-20H,18,21H2,1-7H3,(H,37,38,39). The van der Waals surface area contributed by atoms with Gasteiger partial charge in [-0.1, -0.05) is 30.3 Å². The molecule has 0 aliphatic rings. The molecule has 5 aromatic rings. The summed E-state index contributed by atoms with van der Waals surface area (Å²) in [6.45, 7) is 10.7. The summed E-state index contributed by atoms with van der Waals surface area (Å²) in [6, 6.07) is 20.7. The van der Waals surface area contributed by atoms with Crippen LogP contribution < -0.4 is 5.32 Å². The van der Waals surface area contributed by atoms with Crippen molar-refractivity contribution in [3.63, 3.8) is 0 Å². The number of nitrogens with zero attached hydrogens (tertiary/aromatic N) is 5. The van der Waals surface area contributed by atoms with E-state index in [4.69, 9.17) is 19.4 Å². The highest BCUT2D eigenvalue weighted by molar-refractivity contribution is 5.94. The Morgan fingerprint density at radius 1 is 0.870 bits per heavy atom. The predicted octanol–water partition coefficient (Wildman–Crippen LogP) is 7.15. The molecule has 238 valence electrons. The number of hydrogen-bond donors (Lipinski definition) is 1. The van der Waals surface area contributed by atoms with E-state index < -0.39 is 23.4 Å². The minimum absolute atomic E-state index is 0.0687. The summed E-state index contributed by atoms with van der Waals surface area (Å²) in [5.41, 5.74) is 2.35. The molecule has 2 aromatic heterocycles. The number of likely N-dealkylation sites (N-methyl/N-ethyl adjacent to an activating group) is 1. The lowest BCUT2D eigenvalue weighted by molar-refractivity contribution is -0.119. The third-order valence-corrected chi connectivity index (χ3v) is 6.71. The largest absolute Gasteiger partial charge is 0.444 e. The number of fused-ring (bicyclic) bond motifs is 2. The molecule has 0 aliphatic carbocycles. The fourth-order valence-corrected chi connectivity index (χ4v) is 4.77. The molecule has 0 saturated carbocycles. The predicted molar refractivity (Wildman–Crippen MR) is 177 cm³/mol. The van der Waals surface area contributed by atoms with Gasteiger partial charge in [-0.3, -0.25) is 4.79 Å². The van der Waals surface area contributed by atoms with Gasteiger partial charge in [0.2, 0.25) is 0 Å². The molecule has 46 heavy (non-hydrogen) atoms. The number of Topliss-reactive ketones (excluding diaryl/α,β-unsaturated/α-hetero) is 1. The molecule has 0 fully saturated rings. The molecule has 0 bridgehead atoms. The topological polar surface area (TPSA) is 129 Å². The van der Waals surface area contributed by atoms with Crippen LogP contribution in [0.1, 0.15) is 47.1 Å². The Bertz CT molecular complexity index is 1940. The smallest absolute Gasteiger partial charge is 0.435 e. The van der Waals surface area contributed by atoms with Crippen molar-refractivity contribution in [3.8, 4) is 11.4 Å². The van der Waals surface area contributed by atoms with Gasteiger partial charge in [-0.15, -0.1) is 0 Å². The van der Waals surface area contributed by atoms with Gasteiger partial charge >= 0.3 is 12.2 Å². The minimum Gasteiger partial charge on any atom is -0.444 e. The minimum atomic E-state index is -0.645. The monoisotopic (exact) mass is 622 g/mol. The van der Waals surface area contributed by atoms with Gasteiger partial charge in [0.05, 0.1) is 23.8 Å². The van der Waals surface area contributed by atoms with Crippen molar-refractivity contribution < 1.29 is 23.9 Å². The zero-order valence-electron chi connectivity index (χ0n) is 27.1. The molecule has 0 aliphatic heterocycles. The summed E-state index contributed by atoms with van der Waals surface area (Å²) in [5.74, 6) is 0.956. The molecule has 1 amide bonds. The van der Waals surface area contributed by atoms with Crippen LogP contribution in [0, 0.1) is 0 Å². The number of para-hydroxylation sites is 1. The number of nitrogens with one attached hydrogen (secondary N) is 1. The van der Waals surface area contributed by atoms with E-state index in [-0.39, 0.29) is 18.7 Å². The van der Waals surface area contributed by atoms with Crippen molar-refractivity contribution in [2.24, 2.45) is 0 Å². The van der Waals surface area contributed by atoms with E-state index in [0.717, 1.165) is 33.1 Å². The normalized spacial score (nSPS) is 11.8. The summed E-state index contributed by atoms with van der Waals surface area (Å²) in [6.07, 6.45) is 0.659. The Balaban J connectivity index is 1.38. The molecule has 0 saturated heterocycles. The van der Waals surface area contributed by atoms with E-state index in [1.165, 1.54) is 9.58 Å². The molecule has 1 N–H and O–H groups in total. The first-order valence-electron chi connectivity index (χ1n) is 15.0. The van der Waals surface area contributed by atoms with Crippen LogP contribution in [0.3, 0.4) is 0 Å². The quantitative estimate of drug-likeness (QED) is 0.201. The Labute approximate surface area is 267 Å². The van der Waals surface area contributed by atoms with Crippen LogP contribution in [0.5, 0.6) is 0 Å². The van der Waals surface area contributed by atoms with Gasteiger partial charge < -0.3 is 19.7 Å². The Kier molecular flexibility index (Phi) is 8.78. The third kappa shape index (κ3) is 7.84. The van der Waals surface area contributed by atoms with Crippen LogP contribution in [-0.2, 0) is 20.7 Å². The highest BCUT2D eigenvalue weighted by Gasteiger charge is 2.22. The van der Waals surface area contributed by atoms with E-state index in [1.807, 2.05) is 81.4 Å². The van der Waals surface area contributed by atoms with Crippen LogP contribution in [0.15, 0.2) is 72.9 Å². The number of benzene rings is 3. The fraction of sp³-hybridized carbons (Fsp3) is 0.314. The first-order chi connectivity index (χ1) is 21.6. The summed E-state index contributed by atoms with van der Waals surface area (Å²) < 4.78 is 12.1. The molecule has 0 radical (unpaired) electrons. The van der Waals surface area contributed by atoms with Gasteiger partial charge in [-0.2, -0.15) is 9.78 Å². The van der Waals surface area contributed by atoms with Crippen LogP contribution in [-0.4, -0.2) is 67.4 Å². The highest BCUT2D eigenvalue weighted by Crippen LogP contribution is 2.29. The van der Waals surface area contributed by atoms with E-state index in [2.05, 4.69) is 10.4 Å². The lowest BCUT2D eigenvalue weighted by atomic mass is 10.0. The molecule has 11 nitrogen and oxygen atoms in total. The van der Waals surface area contributed by atoms with Crippen molar-refractivity contribution in [2.75, 3.05) is 18.9 Å². The molecule has 11 heteroatoms. The number of ether oxygens (including phenoxy) is 2. The first-order valence-corrected chi connectivity index (χ1v) is 15.0. The third-order valence-electron chi connectivity index (χ3n) is 6.71. The molecule has 3 aromatic carbocycles. The number of hydrogen-bond acceptors (Lipinski definition) is 9. The summed E-state index contributed by atoms with van der Waals surface area (Å²) in [7, 11) is 1.55. The second kappa shape index (κ2) is 12.6. The number of aromatic nitrogens is 4. The van der Waals surface area contributed by atoms with Crippen molar-refractivity contribution >= 4 is 51.3 Å². The number of carbonyl (C=O) groups excluding carboxylic acids is 3. The molecule has 0 spiro atoms. The maximum atomic E-state index is 12.8. The molecule has 2 heterocycles. The second-order valence-corrected chi connectivity index (χ2v) is 13.1. The second-order valence-electron chi connectivity index (χ2n) is 13.1. The SMILES string of the molecule is CN(CC(=O)Cc1cccc(-c2nc(Nc3ccc4c(cnn4C(=O)OC(C)(C)C)c3)c3ccccc3n2)c1)C(=O)OC(C)(C)C. The molecule has 5 rings (SSSR count). The number of carbonyl (C=O) groups is 3. The van der Waals surface area contributed by atoms with Gasteiger partial charge in [-0.25, -0.2) is 19.6 Å². The summed E-state index contributed by atoms with van der Waals surface area (Å²) in [5, 5.41) is 9.23. The van der Waals surface area contributed by atoms with E-state index >= 15 is 0 Å². The molecule has 0 unspecified atom stereocenters. The van der Waals surface area contributed by atoms with Gasteiger partial charge in [0.15, 0.2) is 11.6 Å². The average Bonchev–Trinajstić information content (AvgIpc) is 3.39. The van der Waals surface area contributed by atoms with Gasteiger partial charge in [0, 0.05) is 35.5 Å². The van der Waals surface area contributed by atoms with Crippen LogP contribution >= 0.6 is 0 Å². The van der Waals surface area contributed by atoms with Gasteiger partial charge in [-0.05, 0) is 83.5 Å². The average molecular weight is 623 g/mol. The molecular formula is C35H38N6O5. The zero-order chi connectivity index (χ0) is 33.2. The highest BCUT2D eigenvalue weighted by atomic mass is 16.6. The molecule has 0 atom stereocenters. The lowest BCUT2D eigenvalue weighted by Gasteiger charge is -2.24. The van der Waals surface area contributed by atoms with Crippen LogP contribution in [0.25, 0.3) is 33.2 Å². The van der Waals surface area contributed by atoms with Gasteiger partial charge in [0.1, 0.15) is 17.0 Å². The Hall–Kier alpha value is -5.32. The van der Waals surface area contributed by atoms with Crippen molar-refractivity contribution in [1.82, 2.24) is 24.6 Å². The fourth-order valence-electron chi connectivity index (χ4n) is 4.77. The number of amides is 1. The van der Waals surface area contributed by atoms with Crippen molar-refractivity contribution in [2.45, 2.75) is 59.2 Å². The van der Waals surface area contributed by atoms with E-state index in [1.54, 1.807) is 40.1 Å². The first kappa shape index (κ1) is 32.1. The maximum Gasteiger partial charge on any atom is 0.435 e. The number of rotatable bonds is 7. The molecular weight excluding hydrogens is 584 g/mol. The van der Waals surface area contributed by atoms with Crippen LogP contribution in [0.4, 0.5) is 21.1 Å². The number of anilines is 2. The van der Waals surface area contributed by atoms with Gasteiger partial charge in [0.25, 0.3) is 0 Å².